The summed E-state index contributed by atoms with van der Waals surface area (Å²) in [5.41, 5.74) is 3.39. The number of benzene rings is 1. The van der Waals surface area contributed by atoms with Crippen molar-refractivity contribution in [1.82, 2.24) is 0 Å². The molecule has 0 aromatic heterocycles. The molecule has 0 amide bonds. The van der Waals surface area contributed by atoms with Crippen LogP contribution in [0.25, 0.3) is 0 Å². The van der Waals surface area contributed by atoms with Crippen LogP contribution >= 0.6 is 0 Å². The second kappa shape index (κ2) is 4.90. The van der Waals surface area contributed by atoms with E-state index >= 15 is 0 Å². The standard InChI is InChI=1S/C15H24O/c1-6-7-8-12-10-9-11(2)13(14(12)16)15(3,4)5/h9-10,16H,6-8H2,1-5H3. The molecule has 0 bridgehead atoms. The monoisotopic (exact) mass is 220 g/mol. The largest absolute Gasteiger partial charge is 0.507 e. The lowest BCUT2D eigenvalue weighted by Gasteiger charge is -2.24. The predicted octanol–water partition coefficient (Wildman–Crippen LogP) is 4.34. The minimum atomic E-state index is 0.0103. The summed E-state index contributed by atoms with van der Waals surface area (Å²) in [5.74, 6) is 0.515. The van der Waals surface area contributed by atoms with Gasteiger partial charge in [0, 0.05) is 5.56 Å². The van der Waals surface area contributed by atoms with Gasteiger partial charge in [0.1, 0.15) is 5.75 Å². The second-order valence-corrected chi connectivity index (χ2v) is 5.62. The Morgan fingerprint density at radius 3 is 2.31 bits per heavy atom. The molecule has 0 radical (unpaired) electrons. The van der Waals surface area contributed by atoms with Gasteiger partial charge < -0.3 is 5.11 Å². The average Bonchev–Trinajstić information content (AvgIpc) is 2.14. The van der Waals surface area contributed by atoms with Crippen molar-refractivity contribution in [1.29, 1.82) is 0 Å². The molecule has 0 heterocycles. The highest BCUT2D eigenvalue weighted by Crippen LogP contribution is 2.36. The number of hydrogen-bond donors (Lipinski definition) is 1. The van der Waals surface area contributed by atoms with Crippen molar-refractivity contribution < 1.29 is 5.11 Å². The van der Waals surface area contributed by atoms with Gasteiger partial charge in [0.25, 0.3) is 0 Å². The first-order chi connectivity index (χ1) is 7.38. The molecule has 16 heavy (non-hydrogen) atoms. The predicted molar refractivity (Wildman–Crippen MR) is 70.2 cm³/mol. The molecule has 0 aliphatic rings. The normalized spacial score (nSPS) is 11.8. The van der Waals surface area contributed by atoms with Gasteiger partial charge in [0.15, 0.2) is 0 Å². The van der Waals surface area contributed by atoms with Gasteiger partial charge in [-0.1, -0.05) is 46.2 Å². The number of hydrogen-bond acceptors (Lipinski definition) is 1. The van der Waals surface area contributed by atoms with Gasteiger partial charge in [-0.2, -0.15) is 0 Å². The van der Waals surface area contributed by atoms with E-state index in [1.54, 1.807) is 0 Å². The van der Waals surface area contributed by atoms with E-state index in [0.717, 1.165) is 30.4 Å². The minimum absolute atomic E-state index is 0.0103. The quantitative estimate of drug-likeness (QED) is 0.803. The van der Waals surface area contributed by atoms with E-state index in [9.17, 15) is 5.11 Å². The highest BCUT2D eigenvalue weighted by Gasteiger charge is 2.22. The molecule has 0 aliphatic carbocycles. The van der Waals surface area contributed by atoms with E-state index in [1.165, 1.54) is 5.56 Å². The lowest BCUT2D eigenvalue weighted by atomic mass is 9.82. The number of aryl methyl sites for hydroxylation is 2. The summed E-state index contributed by atoms with van der Waals surface area (Å²) in [6, 6.07) is 4.20. The summed E-state index contributed by atoms with van der Waals surface area (Å²) in [6.07, 6.45) is 3.28. The first kappa shape index (κ1) is 13.1. The zero-order valence-electron chi connectivity index (χ0n) is 11.2. The molecule has 1 rings (SSSR count). The van der Waals surface area contributed by atoms with Gasteiger partial charge in [-0.25, -0.2) is 0 Å². The molecule has 1 aromatic rings. The lowest BCUT2D eigenvalue weighted by Crippen LogP contribution is -2.14. The first-order valence-corrected chi connectivity index (χ1v) is 6.19. The van der Waals surface area contributed by atoms with Crippen LogP contribution in [0.3, 0.4) is 0 Å². The van der Waals surface area contributed by atoms with E-state index < -0.39 is 0 Å². The van der Waals surface area contributed by atoms with Gasteiger partial charge in [-0.3, -0.25) is 0 Å². The second-order valence-electron chi connectivity index (χ2n) is 5.62. The number of aromatic hydroxyl groups is 1. The number of phenols is 1. The van der Waals surface area contributed by atoms with E-state index in [1.807, 2.05) is 0 Å². The highest BCUT2D eigenvalue weighted by atomic mass is 16.3. The maximum atomic E-state index is 10.3. The number of phenolic OH excluding ortho intramolecular Hbond substituents is 1. The van der Waals surface area contributed by atoms with Crippen LogP contribution in [0.4, 0.5) is 0 Å². The van der Waals surface area contributed by atoms with Crippen molar-refractivity contribution in [2.75, 3.05) is 0 Å². The van der Waals surface area contributed by atoms with Crippen molar-refractivity contribution in [3.05, 3.63) is 28.8 Å². The Morgan fingerprint density at radius 2 is 1.81 bits per heavy atom. The topological polar surface area (TPSA) is 20.2 Å². The molecular weight excluding hydrogens is 196 g/mol. The van der Waals surface area contributed by atoms with Crippen LogP contribution in [-0.4, -0.2) is 5.11 Å². The van der Waals surface area contributed by atoms with Gasteiger partial charge in [-0.05, 0) is 36.3 Å². The third-order valence-electron chi connectivity index (χ3n) is 3.02. The van der Waals surface area contributed by atoms with Crippen LogP contribution < -0.4 is 0 Å². The van der Waals surface area contributed by atoms with Gasteiger partial charge in [0.05, 0.1) is 0 Å². The third-order valence-corrected chi connectivity index (χ3v) is 3.02. The fourth-order valence-electron chi connectivity index (χ4n) is 2.25. The van der Waals surface area contributed by atoms with E-state index in [0.29, 0.717) is 5.75 Å². The summed E-state index contributed by atoms with van der Waals surface area (Å²) < 4.78 is 0. The van der Waals surface area contributed by atoms with Gasteiger partial charge in [0.2, 0.25) is 0 Å². The van der Waals surface area contributed by atoms with Gasteiger partial charge >= 0.3 is 0 Å². The highest BCUT2D eigenvalue weighted by molar-refractivity contribution is 5.48. The van der Waals surface area contributed by atoms with Crippen LogP contribution in [-0.2, 0) is 11.8 Å². The van der Waals surface area contributed by atoms with E-state index in [4.69, 9.17) is 0 Å². The molecule has 1 heteroatoms. The Bertz CT molecular complexity index is 358. The van der Waals surface area contributed by atoms with E-state index in [-0.39, 0.29) is 5.41 Å². The van der Waals surface area contributed by atoms with Crippen molar-refractivity contribution in [2.45, 2.75) is 59.3 Å². The average molecular weight is 220 g/mol. The Balaban J connectivity index is 3.17. The number of rotatable bonds is 3. The first-order valence-electron chi connectivity index (χ1n) is 6.19. The van der Waals surface area contributed by atoms with Crippen LogP contribution in [0.15, 0.2) is 12.1 Å². The Morgan fingerprint density at radius 1 is 1.19 bits per heavy atom. The van der Waals surface area contributed by atoms with Gasteiger partial charge in [-0.15, -0.1) is 0 Å². The molecule has 0 spiro atoms. The summed E-state index contributed by atoms with van der Waals surface area (Å²) in [7, 11) is 0. The van der Waals surface area contributed by atoms with Crippen molar-refractivity contribution in [3.63, 3.8) is 0 Å². The van der Waals surface area contributed by atoms with Crippen molar-refractivity contribution in [2.24, 2.45) is 0 Å². The molecule has 1 aromatic carbocycles. The molecule has 0 fully saturated rings. The van der Waals surface area contributed by atoms with Crippen molar-refractivity contribution in [3.8, 4) is 5.75 Å². The summed E-state index contributed by atoms with van der Waals surface area (Å²) in [4.78, 5) is 0. The lowest BCUT2D eigenvalue weighted by molar-refractivity contribution is 0.438. The van der Waals surface area contributed by atoms with Crippen LogP contribution in [0, 0.1) is 6.92 Å². The molecule has 90 valence electrons. The molecular formula is C15H24O. The zero-order valence-corrected chi connectivity index (χ0v) is 11.2. The van der Waals surface area contributed by atoms with Crippen LogP contribution in [0.5, 0.6) is 5.75 Å². The zero-order chi connectivity index (χ0) is 12.3. The Hall–Kier alpha value is -0.980. The minimum Gasteiger partial charge on any atom is -0.507 e. The maximum absolute atomic E-state index is 10.3. The molecule has 1 N–H and O–H groups in total. The summed E-state index contributed by atoms with van der Waals surface area (Å²) in [5, 5.41) is 10.3. The summed E-state index contributed by atoms with van der Waals surface area (Å²) >= 11 is 0. The Labute approximate surface area is 99.5 Å². The molecule has 1 nitrogen and oxygen atoms in total. The van der Waals surface area contributed by atoms with Crippen LogP contribution in [0.1, 0.15) is 57.2 Å². The number of unbranched alkanes of at least 4 members (excludes halogenated alkanes) is 1. The fraction of sp³-hybridized carbons (Fsp3) is 0.600. The Kier molecular flexibility index (Phi) is 4.01. The summed E-state index contributed by atoms with van der Waals surface area (Å²) in [6.45, 7) is 10.7. The SMILES string of the molecule is CCCCc1ccc(C)c(C(C)(C)C)c1O. The molecule has 0 atom stereocenters. The molecule has 0 saturated carbocycles. The molecule has 0 aliphatic heterocycles. The fourth-order valence-corrected chi connectivity index (χ4v) is 2.25. The smallest absolute Gasteiger partial charge is 0.122 e. The van der Waals surface area contributed by atoms with E-state index in [2.05, 4.69) is 46.8 Å². The van der Waals surface area contributed by atoms with Crippen molar-refractivity contribution >= 4 is 0 Å². The van der Waals surface area contributed by atoms with Crippen LogP contribution in [0.2, 0.25) is 0 Å². The third kappa shape index (κ3) is 2.78. The molecule has 0 saturated heterocycles. The maximum Gasteiger partial charge on any atom is 0.122 e. The molecule has 0 unspecified atom stereocenters.